The highest BCUT2D eigenvalue weighted by Gasteiger charge is 2.43. The van der Waals surface area contributed by atoms with E-state index in [1.165, 1.54) is 12.1 Å². The van der Waals surface area contributed by atoms with Gasteiger partial charge in [-0.05, 0) is 18.6 Å². The average molecular weight is 270 g/mol. The molecule has 0 bridgehead atoms. The molecule has 2 heterocycles. The van der Waals surface area contributed by atoms with E-state index >= 15 is 0 Å². The van der Waals surface area contributed by atoms with Crippen molar-refractivity contribution in [3.05, 3.63) is 18.2 Å². The lowest BCUT2D eigenvalue weighted by atomic mass is 10.2. The predicted molar refractivity (Wildman–Crippen MR) is 62.3 cm³/mol. The van der Waals surface area contributed by atoms with Crippen LogP contribution in [0.25, 0.3) is 0 Å². The highest BCUT2D eigenvalue weighted by molar-refractivity contribution is 5.86. The van der Waals surface area contributed by atoms with Gasteiger partial charge in [-0.2, -0.15) is 0 Å². The predicted octanol–water partition coefficient (Wildman–Crippen LogP) is 1.65. The van der Waals surface area contributed by atoms with E-state index in [2.05, 4.69) is 14.8 Å². The fraction of sp³-hybridized carbons (Fsp3) is 0.417. The molecule has 1 fully saturated rings. The van der Waals surface area contributed by atoms with Gasteiger partial charge in [0, 0.05) is 25.3 Å². The maximum absolute atomic E-state index is 12.9. The smallest absolute Gasteiger partial charge is 0.395 e. The third kappa shape index (κ3) is 2.16. The molecule has 102 valence electrons. The minimum absolute atomic E-state index is 0.00887. The van der Waals surface area contributed by atoms with Crippen molar-refractivity contribution in [1.82, 2.24) is 4.90 Å². The Balaban J connectivity index is 1.76. The van der Waals surface area contributed by atoms with Crippen LogP contribution in [0.3, 0.4) is 0 Å². The van der Waals surface area contributed by atoms with Crippen LogP contribution >= 0.6 is 0 Å². The molecular formula is C12H12F2N2O3. The Bertz CT molecular complexity index is 536. The van der Waals surface area contributed by atoms with E-state index in [9.17, 15) is 13.6 Å². The Labute approximate surface area is 108 Å². The van der Waals surface area contributed by atoms with E-state index in [4.69, 9.17) is 0 Å². The van der Waals surface area contributed by atoms with Crippen LogP contribution in [0.1, 0.15) is 6.42 Å². The number of halogens is 2. The Hall–Kier alpha value is -2.05. The minimum Gasteiger partial charge on any atom is -0.395 e. The first kappa shape index (κ1) is 12.0. The summed E-state index contributed by atoms with van der Waals surface area (Å²) < 4.78 is 34.4. The lowest BCUT2D eigenvalue weighted by molar-refractivity contribution is -0.286. The molecule has 1 amide bonds. The van der Waals surface area contributed by atoms with E-state index < -0.39 is 6.29 Å². The molecule has 0 saturated carbocycles. The second-order valence-electron chi connectivity index (χ2n) is 4.57. The number of nitrogens with zero attached hydrogens (tertiary/aromatic N) is 1. The molecule has 7 heteroatoms. The number of hydrogen-bond acceptors (Lipinski definition) is 4. The third-order valence-electron chi connectivity index (χ3n) is 3.17. The molecule has 1 aromatic rings. The molecule has 1 N–H and O–H groups in total. The zero-order valence-corrected chi connectivity index (χ0v) is 10.2. The first-order valence-corrected chi connectivity index (χ1v) is 5.86. The second kappa shape index (κ2) is 3.97. The minimum atomic E-state index is -3.62. The Morgan fingerprint density at radius 1 is 1.37 bits per heavy atom. The molecule has 1 unspecified atom stereocenters. The molecule has 1 aromatic carbocycles. The van der Waals surface area contributed by atoms with Crippen molar-refractivity contribution in [1.29, 1.82) is 0 Å². The summed E-state index contributed by atoms with van der Waals surface area (Å²) in [6.07, 6.45) is -2.94. The third-order valence-corrected chi connectivity index (χ3v) is 3.17. The highest BCUT2D eigenvalue weighted by atomic mass is 19.3. The SMILES string of the molecule is CN1CCC(Nc2ccc3c(c2)OC(F)(F)O3)C1=O. The van der Waals surface area contributed by atoms with Crippen molar-refractivity contribution in [3.63, 3.8) is 0 Å². The van der Waals surface area contributed by atoms with Gasteiger partial charge in [-0.1, -0.05) is 0 Å². The first-order chi connectivity index (χ1) is 8.94. The van der Waals surface area contributed by atoms with Gasteiger partial charge in [0.1, 0.15) is 6.04 Å². The van der Waals surface area contributed by atoms with Crippen molar-refractivity contribution in [2.24, 2.45) is 0 Å². The van der Waals surface area contributed by atoms with Crippen molar-refractivity contribution in [3.8, 4) is 11.5 Å². The number of carbonyl (C=O) groups is 1. The Morgan fingerprint density at radius 2 is 2.11 bits per heavy atom. The largest absolute Gasteiger partial charge is 0.586 e. The summed E-state index contributed by atoms with van der Waals surface area (Å²) >= 11 is 0. The summed E-state index contributed by atoms with van der Waals surface area (Å²) in [5.41, 5.74) is 0.550. The standard InChI is InChI=1S/C12H12F2N2O3/c1-16-5-4-8(11(16)17)15-7-2-3-9-10(6-7)19-12(13,14)18-9/h2-3,6,8,15H,4-5H2,1H3. The second-order valence-corrected chi connectivity index (χ2v) is 4.57. The highest BCUT2D eigenvalue weighted by Crippen LogP contribution is 2.42. The van der Waals surface area contributed by atoms with Crippen molar-refractivity contribution >= 4 is 11.6 Å². The number of nitrogens with one attached hydrogen (secondary N) is 1. The molecule has 0 aromatic heterocycles. The van der Waals surface area contributed by atoms with Gasteiger partial charge < -0.3 is 19.7 Å². The number of alkyl halides is 2. The summed E-state index contributed by atoms with van der Waals surface area (Å²) in [6.45, 7) is 0.680. The number of amides is 1. The van der Waals surface area contributed by atoms with Crippen LogP contribution in [0.5, 0.6) is 11.5 Å². The number of hydrogen-bond donors (Lipinski definition) is 1. The lowest BCUT2D eigenvalue weighted by Crippen LogP contribution is -2.30. The number of likely N-dealkylation sites (tertiary alicyclic amines) is 1. The number of anilines is 1. The molecule has 0 radical (unpaired) electrons. The van der Waals surface area contributed by atoms with Crippen molar-refractivity contribution < 1.29 is 23.0 Å². The zero-order valence-electron chi connectivity index (χ0n) is 10.2. The van der Waals surface area contributed by atoms with Gasteiger partial charge in [0.2, 0.25) is 5.91 Å². The summed E-state index contributed by atoms with van der Waals surface area (Å²) in [5, 5.41) is 3.01. The molecule has 19 heavy (non-hydrogen) atoms. The topological polar surface area (TPSA) is 50.8 Å². The van der Waals surface area contributed by atoms with Crippen LogP contribution < -0.4 is 14.8 Å². The number of fused-ring (bicyclic) bond motifs is 1. The van der Waals surface area contributed by atoms with Gasteiger partial charge in [0.15, 0.2) is 11.5 Å². The molecular weight excluding hydrogens is 258 g/mol. The summed E-state index contributed by atoms with van der Waals surface area (Å²) in [6, 6.07) is 4.05. The number of rotatable bonds is 2. The monoisotopic (exact) mass is 270 g/mol. The summed E-state index contributed by atoms with van der Waals surface area (Å²) in [5.74, 6) is -0.0535. The van der Waals surface area contributed by atoms with E-state index in [1.54, 1.807) is 18.0 Å². The summed E-state index contributed by atoms with van der Waals surface area (Å²) in [7, 11) is 1.73. The summed E-state index contributed by atoms with van der Waals surface area (Å²) in [4.78, 5) is 13.4. The molecule has 3 rings (SSSR count). The van der Waals surface area contributed by atoms with Crippen LogP contribution in [-0.4, -0.2) is 36.7 Å². The Morgan fingerprint density at radius 3 is 2.79 bits per heavy atom. The molecule has 5 nitrogen and oxygen atoms in total. The fourth-order valence-electron chi connectivity index (χ4n) is 2.20. The Kier molecular flexibility index (Phi) is 2.51. The maximum Gasteiger partial charge on any atom is 0.586 e. The van der Waals surface area contributed by atoms with Crippen LogP contribution in [0.2, 0.25) is 0 Å². The molecule has 1 atom stereocenters. The first-order valence-electron chi connectivity index (χ1n) is 5.86. The fourth-order valence-corrected chi connectivity index (χ4v) is 2.20. The van der Waals surface area contributed by atoms with Crippen LogP contribution in [0.4, 0.5) is 14.5 Å². The number of likely N-dealkylation sites (N-methyl/N-ethyl adjacent to an activating group) is 1. The van der Waals surface area contributed by atoms with Crippen molar-refractivity contribution in [2.45, 2.75) is 18.8 Å². The lowest BCUT2D eigenvalue weighted by Gasteiger charge is -2.13. The van der Waals surface area contributed by atoms with Gasteiger partial charge >= 0.3 is 6.29 Å². The zero-order chi connectivity index (χ0) is 13.6. The number of benzene rings is 1. The van der Waals surface area contributed by atoms with E-state index in [0.29, 0.717) is 18.7 Å². The molecule has 0 spiro atoms. The normalized spacial score (nSPS) is 23.8. The average Bonchev–Trinajstić information content (AvgIpc) is 2.80. The molecule has 2 aliphatic heterocycles. The van der Waals surface area contributed by atoms with E-state index in [-0.39, 0.29) is 23.4 Å². The van der Waals surface area contributed by atoms with Gasteiger partial charge in [-0.15, -0.1) is 8.78 Å². The maximum atomic E-state index is 12.9. The van der Waals surface area contributed by atoms with Crippen LogP contribution in [0, 0.1) is 0 Å². The molecule has 2 aliphatic rings. The number of ether oxygens (including phenoxy) is 2. The quantitative estimate of drug-likeness (QED) is 0.887. The van der Waals surface area contributed by atoms with Gasteiger partial charge in [0.05, 0.1) is 0 Å². The number of carbonyl (C=O) groups excluding carboxylic acids is 1. The van der Waals surface area contributed by atoms with E-state index in [1.807, 2.05) is 0 Å². The van der Waals surface area contributed by atoms with Crippen LogP contribution in [-0.2, 0) is 4.79 Å². The van der Waals surface area contributed by atoms with Gasteiger partial charge in [-0.25, -0.2) is 0 Å². The molecule has 0 aliphatic carbocycles. The molecule has 1 saturated heterocycles. The van der Waals surface area contributed by atoms with E-state index in [0.717, 1.165) is 0 Å². The van der Waals surface area contributed by atoms with Crippen LogP contribution in [0.15, 0.2) is 18.2 Å². The van der Waals surface area contributed by atoms with Crippen molar-refractivity contribution in [2.75, 3.05) is 18.9 Å². The van der Waals surface area contributed by atoms with Gasteiger partial charge in [-0.3, -0.25) is 4.79 Å². The van der Waals surface area contributed by atoms with Gasteiger partial charge in [0.25, 0.3) is 0 Å².